The number of pyridine rings is 3. The van der Waals surface area contributed by atoms with Crippen molar-refractivity contribution in [2.24, 2.45) is 14.1 Å². The SMILES string of the molecule is COc1ccc(Cc2nc3cc(C(=O)NO)ccc3c(=O)n2C)cc1.COc1ccccc1OCCn1ccc2ccc(C(=O)CO)cc2c1=O.Cn1c(CCc2ccncc2)nc2cc(C(=O)NO)ccc2c1=O.O=C(CO)c1ccc2ncn(Cc3cccc(-c4cccc(C(F)(F)F)c4)c3)c(=O)c2c1.O=C(NO)c1ccc2ccn(Cc3ccc(F)cc3Cl)c(=O)c2c1. The van der Waals surface area contributed by atoms with Gasteiger partial charge in [-0.2, -0.15) is 13.2 Å². The predicted molar refractivity (Wildman–Crippen MR) is 479 cm³/mol. The number of nitrogens with one attached hydrogen (secondary N) is 3. The highest BCUT2D eigenvalue weighted by Crippen LogP contribution is 2.33. The molecule has 6 heterocycles. The Morgan fingerprint density at radius 1 is 0.458 bits per heavy atom. The number of hydrogen-bond donors (Lipinski definition) is 8. The third-order valence-electron chi connectivity index (χ3n) is 20.9. The Kier molecular flexibility index (Phi) is 31.0. The lowest BCUT2D eigenvalue weighted by Gasteiger charge is -2.12. The summed E-state index contributed by atoms with van der Waals surface area (Å²) in [7, 11) is 6.53. The van der Waals surface area contributed by atoms with E-state index >= 15 is 0 Å². The maximum atomic E-state index is 13.1. The van der Waals surface area contributed by atoms with Crippen LogP contribution in [0.2, 0.25) is 5.02 Å². The predicted octanol–water partition coefficient (Wildman–Crippen LogP) is 12.4. The number of aryl methyl sites for hydroxylation is 2. The number of aliphatic hydroxyl groups is 2. The Morgan fingerprint density at radius 2 is 0.985 bits per heavy atom. The van der Waals surface area contributed by atoms with Gasteiger partial charge in [-0.1, -0.05) is 90.5 Å². The first kappa shape index (κ1) is 94.3. The number of Topliss-reactive ketones (excluding diaryl/α,β-unsaturated/α-hetero) is 2. The number of hydrogen-bond acceptors (Lipinski definition) is 22. The topological polar surface area (TPSA) is 412 Å². The van der Waals surface area contributed by atoms with Crippen molar-refractivity contribution in [3.63, 3.8) is 0 Å². The zero-order valence-electron chi connectivity index (χ0n) is 70.1. The van der Waals surface area contributed by atoms with Crippen molar-refractivity contribution >= 4 is 95.1 Å². The molecule has 0 aliphatic heterocycles. The first-order chi connectivity index (χ1) is 63.0. The molecule has 0 atom stereocenters. The van der Waals surface area contributed by atoms with E-state index in [1.807, 2.05) is 54.6 Å². The summed E-state index contributed by atoms with van der Waals surface area (Å²) in [6.07, 6.45) is 5.47. The number of amides is 3. The number of para-hydroxylation sites is 2. The van der Waals surface area contributed by atoms with E-state index < -0.39 is 60.1 Å². The molecule has 10 aromatic carbocycles. The van der Waals surface area contributed by atoms with Crippen LogP contribution in [-0.4, -0.2) is 132 Å². The fourth-order valence-electron chi connectivity index (χ4n) is 13.8. The highest BCUT2D eigenvalue weighted by Gasteiger charge is 2.31. The summed E-state index contributed by atoms with van der Waals surface area (Å²) in [6, 6.07) is 60.9. The number of aliphatic hydroxyl groups excluding tert-OH is 2. The molecule has 0 aliphatic rings. The van der Waals surface area contributed by atoms with Gasteiger partial charge in [0.1, 0.15) is 43.0 Å². The first-order valence-electron chi connectivity index (χ1n) is 39.9. The van der Waals surface area contributed by atoms with Crippen molar-refractivity contribution in [3.8, 4) is 28.4 Å². The van der Waals surface area contributed by atoms with Crippen LogP contribution in [0.1, 0.15) is 91.3 Å². The van der Waals surface area contributed by atoms with Gasteiger partial charge in [0, 0.05) is 95.3 Å². The van der Waals surface area contributed by atoms with E-state index in [9.17, 15) is 65.5 Å². The summed E-state index contributed by atoms with van der Waals surface area (Å²) >= 11 is 6.00. The van der Waals surface area contributed by atoms with Crippen molar-refractivity contribution in [1.29, 1.82) is 0 Å². The molecule has 6 aromatic heterocycles. The molecule has 131 heavy (non-hydrogen) atoms. The van der Waals surface area contributed by atoms with Crippen LogP contribution in [0.25, 0.3) is 65.4 Å². The molecule has 35 heteroatoms. The lowest BCUT2D eigenvalue weighted by molar-refractivity contribution is -0.137. The number of halogens is 5. The van der Waals surface area contributed by atoms with Gasteiger partial charge in [0.05, 0.1) is 78.5 Å². The summed E-state index contributed by atoms with van der Waals surface area (Å²) in [6.45, 7) is -0.287. The molecule has 0 saturated heterocycles. The minimum atomic E-state index is -4.44. The van der Waals surface area contributed by atoms with E-state index in [0.717, 1.165) is 40.8 Å². The molecule has 0 fully saturated rings. The third kappa shape index (κ3) is 23.1. The van der Waals surface area contributed by atoms with E-state index in [0.29, 0.717) is 120 Å². The van der Waals surface area contributed by atoms with Crippen LogP contribution in [0.4, 0.5) is 17.6 Å². The number of hydroxylamine groups is 3. The Hall–Kier alpha value is -15.9. The Morgan fingerprint density at radius 3 is 1.57 bits per heavy atom. The molecule has 16 aromatic rings. The Bertz CT molecular complexity index is 7320. The Labute approximate surface area is 745 Å². The zero-order chi connectivity index (χ0) is 93.7. The van der Waals surface area contributed by atoms with Gasteiger partial charge in [-0.3, -0.25) is 82.3 Å². The van der Waals surface area contributed by atoms with Crippen LogP contribution in [0.5, 0.6) is 17.2 Å². The molecule has 16 rings (SSSR count). The molecule has 0 radical (unpaired) electrons. The Balaban J connectivity index is 0.000000149. The molecule has 8 N–H and O–H groups in total. The van der Waals surface area contributed by atoms with Crippen LogP contribution in [-0.2, 0) is 59.2 Å². The smallest absolute Gasteiger partial charge is 0.416 e. The largest absolute Gasteiger partial charge is 0.497 e. The monoisotopic (exact) mass is 1800 g/mol. The highest BCUT2D eigenvalue weighted by molar-refractivity contribution is 6.31. The number of aromatic nitrogens is 9. The maximum absolute atomic E-state index is 13.1. The lowest BCUT2D eigenvalue weighted by atomic mass is 10.0. The molecule has 30 nitrogen and oxygen atoms in total. The van der Waals surface area contributed by atoms with Gasteiger partial charge in [-0.25, -0.2) is 35.8 Å². The fraction of sp³-hybridized carbons (Fsp3) is 0.146. The van der Waals surface area contributed by atoms with Crippen molar-refractivity contribution in [2.45, 2.75) is 45.1 Å². The summed E-state index contributed by atoms with van der Waals surface area (Å²) in [4.78, 5) is 138. The summed E-state index contributed by atoms with van der Waals surface area (Å²) in [5.41, 5.74) is 9.51. The standard InChI is InChI=1S/C24H17F3N2O3.C20H19NO5.C18H17N3O4.C17H12ClFN2O3.C17H16N4O3/c25-24(26,27)19-6-2-5-17(10-19)16-4-1-3-15(9-16)12-29-14-28-21-8-7-18(22(31)13-30)11-20(21)23(29)32;1-25-18-4-2-3-5-19(18)26-11-10-21-9-8-14-6-7-15(17(23)13-22)12-16(14)20(21)24;1-21-16(9-11-3-6-13(25-2)7-4-11)19-15-10-12(17(22)20-24)5-8-14(15)18(21)23;18-15-8-13(19)4-3-12(15)9-21-6-5-10-1-2-11(16(22)20-24)7-14(10)17(21)23;1-21-15(5-2-11-6-8-18-9-7-11)19-14-10-12(16(22)20-24)3-4-13(14)17(21)23/h1-11,14,30H,12-13H2;2-9,12,22H,10-11,13H2,1H3;3-8,10,24H,9H2,1-2H3,(H,20,22);1-8,24H,9H2,(H,20,22);3-4,6-10,24H,2,5H2,1H3,(H,20,22). The quantitative estimate of drug-likeness (QED) is 0.0128. The van der Waals surface area contributed by atoms with E-state index in [2.05, 4.69) is 19.9 Å². The second kappa shape index (κ2) is 43.1. The molecule has 0 aliphatic carbocycles. The first-order valence-corrected chi connectivity index (χ1v) is 40.2. The summed E-state index contributed by atoms with van der Waals surface area (Å²) < 4.78 is 75.7. The van der Waals surface area contributed by atoms with Crippen molar-refractivity contribution in [3.05, 3.63) is 392 Å². The van der Waals surface area contributed by atoms with Gasteiger partial charge >= 0.3 is 6.18 Å². The van der Waals surface area contributed by atoms with Crippen molar-refractivity contribution in [2.75, 3.05) is 34.0 Å². The molecule has 0 spiro atoms. The minimum Gasteiger partial charge on any atom is -0.497 e. The zero-order valence-corrected chi connectivity index (χ0v) is 70.9. The molecule has 668 valence electrons. The number of carbonyl (C=O) groups excluding carboxylic acids is 5. The van der Waals surface area contributed by atoms with Gasteiger partial charge in [0.15, 0.2) is 23.1 Å². The summed E-state index contributed by atoms with van der Waals surface area (Å²) in [5.74, 6) is -0.165. The molecular weight excluding hydrogens is 1720 g/mol. The number of carbonyl (C=O) groups is 5. The van der Waals surface area contributed by atoms with Crippen molar-refractivity contribution in [1.82, 2.24) is 59.2 Å². The lowest BCUT2D eigenvalue weighted by Crippen LogP contribution is -2.23. The minimum absolute atomic E-state index is 0.146. The number of methoxy groups -OCH3 is 2. The highest BCUT2D eigenvalue weighted by atomic mass is 35.5. The number of nitrogens with zero attached hydrogens (tertiary/aromatic N) is 9. The van der Waals surface area contributed by atoms with Crippen LogP contribution in [0, 0.1) is 5.82 Å². The summed E-state index contributed by atoms with van der Waals surface area (Å²) in [5, 5.41) is 47.7. The van der Waals surface area contributed by atoms with Gasteiger partial charge < -0.3 is 33.6 Å². The van der Waals surface area contributed by atoms with Crippen LogP contribution in [0.15, 0.2) is 286 Å². The average molecular weight is 1800 g/mol. The third-order valence-corrected chi connectivity index (χ3v) is 21.2. The maximum Gasteiger partial charge on any atom is 0.416 e. The van der Waals surface area contributed by atoms with E-state index in [1.165, 1.54) is 126 Å². The number of alkyl halides is 3. The normalized spacial score (nSPS) is 10.9. The molecule has 3 amide bonds. The second-order valence-electron chi connectivity index (χ2n) is 29.2. The number of ether oxygens (including phenoxy) is 3. The second-order valence-corrected chi connectivity index (χ2v) is 29.6. The van der Waals surface area contributed by atoms with E-state index in [4.69, 9.17) is 51.6 Å². The van der Waals surface area contributed by atoms with Crippen molar-refractivity contribution < 1.29 is 81.6 Å². The average Bonchev–Trinajstić information content (AvgIpc) is 0.803. The van der Waals surface area contributed by atoms with E-state index in [1.54, 1.807) is 137 Å². The van der Waals surface area contributed by atoms with Gasteiger partial charge in [-0.05, 0) is 202 Å². The van der Waals surface area contributed by atoms with Gasteiger partial charge in [0.25, 0.3) is 45.5 Å². The number of rotatable bonds is 23. The number of ketones is 2. The fourth-order valence-corrected chi connectivity index (χ4v) is 14.0. The molecule has 0 unspecified atom stereocenters. The van der Waals surface area contributed by atoms with Crippen LogP contribution in [0.3, 0.4) is 0 Å². The van der Waals surface area contributed by atoms with Gasteiger partial charge in [0.2, 0.25) is 0 Å². The van der Waals surface area contributed by atoms with Gasteiger partial charge in [-0.15, -0.1) is 0 Å². The molecule has 0 bridgehead atoms. The molecule has 0 saturated carbocycles. The molecular formula is C96H81ClF4N12O18. The van der Waals surface area contributed by atoms with Crippen LogP contribution >= 0.6 is 11.6 Å². The van der Waals surface area contributed by atoms with Crippen LogP contribution < -0.4 is 58.4 Å². The van der Waals surface area contributed by atoms with E-state index in [-0.39, 0.29) is 73.5 Å². The number of benzene rings is 10. The number of fused-ring (bicyclic) bond motifs is 5.